The third-order valence-corrected chi connectivity index (χ3v) is 5.73. The Bertz CT molecular complexity index is 1090. The second-order valence-corrected chi connectivity index (χ2v) is 8.02. The Morgan fingerprint density at radius 1 is 1.14 bits per heavy atom. The van der Waals surface area contributed by atoms with Gasteiger partial charge in [-0.25, -0.2) is 4.79 Å². The Labute approximate surface area is 169 Å². The lowest BCUT2D eigenvalue weighted by molar-refractivity contribution is -0.116. The van der Waals surface area contributed by atoms with Crippen LogP contribution in [0, 0.1) is 0 Å². The van der Waals surface area contributed by atoms with E-state index in [2.05, 4.69) is 10.3 Å². The van der Waals surface area contributed by atoms with Crippen molar-refractivity contribution in [3.63, 3.8) is 0 Å². The lowest BCUT2D eigenvalue weighted by atomic mass is 9.99. The third-order valence-electron chi connectivity index (χ3n) is 4.46. The number of ketones is 1. The summed E-state index contributed by atoms with van der Waals surface area (Å²) in [6.07, 6.45) is 4.20. The van der Waals surface area contributed by atoms with Crippen molar-refractivity contribution in [1.82, 2.24) is 4.98 Å². The van der Waals surface area contributed by atoms with Gasteiger partial charge < -0.3 is 15.0 Å². The molecule has 0 unspecified atom stereocenters. The molecule has 0 spiro atoms. The highest BCUT2D eigenvalue weighted by Crippen LogP contribution is 2.33. The van der Waals surface area contributed by atoms with Gasteiger partial charge in [0, 0.05) is 40.5 Å². The number of Topliss-reactive ketones (excluding diaryl/α,β-unsaturated/α-hetero) is 1. The van der Waals surface area contributed by atoms with Crippen molar-refractivity contribution in [2.45, 2.75) is 12.8 Å². The van der Waals surface area contributed by atoms with E-state index in [1.54, 1.807) is 30.5 Å². The zero-order chi connectivity index (χ0) is 19.7. The average molecular weight is 415 g/mol. The normalized spacial score (nSPS) is 13.0. The maximum absolute atomic E-state index is 12.4. The maximum atomic E-state index is 12.4. The number of aromatic nitrogens is 1. The molecule has 1 amide bonds. The van der Waals surface area contributed by atoms with E-state index in [1.165, 1.54) is 17.5 Å². The van der Waals surface area contributed by atoms with Gasteiger partial charge in [-0.3, -0.25) is 9.59 Å². The van der Waals surface area contributed by atoms with Crippen LogP contribution in [0.15, 0.2) is 42.7 Å². The minimum atomic E-state index is -0.584. The Morgan fingerprint density at radius 2 is 2.00 bits per heavy atom. The molecule has 0 saturated carbocycles. The summed E-state index contributed by atoms with van der Waals surface area (Å²) in [6.45, 7) is -0.361. The largest absolute Gasteiger partial charge is 0.454 e. The van der Waals surface area contributed by atoms with Gasteiger partial charge in [0.25, 0.3) is 0 Å². The summed E-state index contributed by atoms with van der Waals surface area (Å²) >= 11 is 7.31. The van der Waals surface area contributed by atoms with Crippen molar-refractivity contribution in [2.75, 3.05) is 11.9 Å². The number of benzene rings is 1. The lowest BCUT2D eigenvalue weighted by Crippen LogP contribution is -2.20. The number of hydrogen-bond donors (Lipinski definition) is 2. The molecule has 3 heterocycles. The maximum Gasteiger partial charge on any atom is 0.340 e. The summed E-state index contributed by atoms with van der Waals surface area (Å²) in [5.41, 5.74) is 3.09. The number of ether oxygens (including phenoxy) is 1. The first-order chi connectivity index (χ1) is 13.5. The number of nitrogens with one attached hydrogen (secondary N) is 2. The molecule has 0 radical (unpaired) electrons. The molecule has 0 saturated heterocycles. The quantitative estimate of drug-likeness (QED) is 0.480. The zero-order valence-corrected chi connectivity index (χ0v) is 16.2. The lowest BCUT2D eigenvalue weighted by Gasteiger charge is -2.17. The number of carbonyl (C=O) groups excluding carboxylic acids is 3. The Balaban J connectivity index is 1.44. The van der Waals surface area contributed by atoms with Crippen molar-refractivity contribution in [3.8, 4) is 10.4 Å². The standard InChI is InChI=1S/C20H15ClN2O4S/c21-18-5-4-17(28-18)13-8-22-9-14(13)20(26)27-10-16(24)12-1-3-15-11(7-12)2-6-19(25)23-15/h1,3-5,7-9,22H,2,6,10H2,(H,23,25). The summed E-state index contributed by atoms with van der Waals surface area (Å²) in [5, 5.41) is 2.77. The second-order valence-electron chi connectivity index (χ2n) is 6.31. The Morgan fingerprint density at radius 3 is 2.79 bits per heavy atom. The van der Waals surface area contributed by atoms with Crippen LogP contribution >= 0.6 is 22.9 Å². The number of amides is 1. The van der Waals surface area contributed by atoms with E-state index < -0.39 is 5.97 Å². The molecular formula is C20H15ClN2O4S. The summed E-state index contributed by atoms with van der Waals surface area (Å²) in [5.74, 6) is -0.918. The van der Waals surface area contributed by atoms with Gasteiger partial charge in [-0.1, -0.05) is 11.6 Å². The molecule has 0 fully saturated rings. The summed E-state index contributed by atoms with van der Waals surface area (Å²) < 4.78 is 5.85. The molecule has 0 aliphatic carbocycles. The highest BCUT2D eigenvalue weighted by molar-refractivity contribution is 7.19. The summed E-state index contributed by atoms with van der Waals surface area (Å²) in [6, 6.07) is 8.64. The van der Waals surface area contributed by atoms with Crippen LogP contribution in [-0.4, -0.2) is 29.3 Å². The fourth-order valence-corrected chi connectivity index (χ4v) is 4.12. The molecule has 0 atom stereocenters. The molecule has 28 heavy (non-hydrogen) atoms. The highest BCUT2D eigenvalue weighted by Gasteiger charge is 2.20. The van der Waals surface area contributed by atoms with Crippen LogP contribution in [0.4, 0.5) is 5.69 Å². The minimum Gasteiger partial charge on any atom is -0.454 e. The van der Waals surface area contributed by atoms with Crippen LogP contribution in [0.25, 0.3) is 10.4 Å². The number of halogens is 1. The Kier molecular flexibility index (Phi) is 5.02. The smallest absolute Gasteiger partial charge is 0.340 e. The van der Waals surface area contributed by atoms with Gasteiger partial charge in [-0.2, -0.15) is 0 Å². The molecule has 6 nitrogen and oxygen atoms in total. The number of hydrogen-bond acceptors (Lipinski definition) is 5. The molecule has 1 aliphatic rings. The first-order valence-corrected chi connectivity index (χ1v) is 9.76. The second kappa shape index (κ2) is 7.61. The number of aromatic amines is 1. The van der Waals surface area contributed by atoms with Gasteiger partial charge in [0.1, 0.15) is 0 Å². The van der Waals surface area contributed by atoms with Gasteiger partial charge in [-0.05, 0) is 42.3 Å². The van der Waals surface area contributed by atoms with Crippen LogP contribution in [-0.2, 0) is 16.0 Å². The number of aryl methyl sites for hydroxylation is 1. The highest BCUT2D eigenvalue weighted by atomic mass is 35.5. The van der Waals surface area contributed by atoms with Crippen LogP contribution in [0.5, 0.6) is 0 Å². The number of anilines is 1. The van der Waals surface area contributed by atoms with Crippen LogP contribution in [0.3, 0.4) is 0 Å². The number of rotatable bonds is 5. The van der Waals surface area contributed by atoms with E-state index in [0.717, 1.165) is 16.1 Å². The molecule has 142 valence electrons. The zero-order valence-electron chi connectivity index (χ0n) is 14.6. The molecular weight excluding hydrogens is 400 g/mol. The fourth-order valence-electron chi connectivity index (χ4n) is 3.04. The third kappa shape index (κ3) is 3.72. The molecule has 1 aromatic carbocycles. The van der Waals surface area contributed by atoms with E-state index in [4.69, 9.17) is 16.3 Å². The van der Waals surface area contributed by atoms with Gasteiger partial charge in [0.15, 0.2) is 12.4 Å². The molecule has 1 aliphatic heterocycles. The summed E-state index contributed by atoms with van der Waals surface area (Å²) in [4.78, 5) is 40.0. The minimum absolute atomic E-state index is 0.0326. The van der Waals surface area contributed by atoms with Gasteiger partial charge in [0.05, 0.1) is 9.90 Å². The SMILES string of the molecule is O=C1CCc2cc(C(=O)COC(=O)c3c[nH]cc3-c3ccc(Cl)s3)ccc2N1. The van der Waals surface area contributed by atoms with Gasteiger partial charge in [0.2, 0.25) is 5.91 Å². The number of thiophene rings is 1. The first kappa shape index (κ1) is 18.5. The van der Waals surface area contributed by atoms with E-state index in [-0.39, 0.29) is 18.3 Å². The summed E-state index contributed by atoms with van der Waals surface area (Å²) in [7, 11) is 0. The molecule has 4 rings (SSSR count). The van der Waals surface area contributed by atoms with Crippen molar-refractivity contribution < 1.29 is 19.1 Å². The Hall–Kier alpha value is -2.90. The van der Waals surface area contributed by atoms with Crippen LogP contribution in [0.2, 0.25) is 4.34 Å². The van der Waals surface area contributed by atoms with E-state index in [9.17, 15) is 14.4 Å². The molecule has 0 bridgehead atoms. The average Bonchev–Trinajstić information content (AvgIpc) is 3.34. The van der Waals surface area contributed by atoms with Gasteiger partial charge in [-0.15, -0.1) is 11.3 Å². The monoisotopic (exact) mass is 414 g/mol. The first-order valence-electron chi connectivity index (χ1n) is 8.57. The topological polar surface area (TPSA) is 88.3 Å². The van der Waals surface area contributed by atoms with Crippen LogP contribution in [0.1, 0.15) is 32.7 Å². The van der Waals surface area contributed by atoms with Crippen molar-refractivity contribution >= 4 is 46.3 Å². The number of esters is 1. The van der Waals surface area contributed by atoms with E-state index in [1.807, 2.05) is 6.07 Å². The van der Waals surface area contributed by atoms with Crippen molar-refractivity contribution in [2.24, 2.45) is 0 Å². The van der Waals surface area contributed by atoms with Crippen LogP contribution < -0.4 is 5.32 Å². The van der Waals surface area contributed by atoms with Crippen molar-refractivity contribution in [1.29, 1.82) is 0 Å². The predicted molar refractivity (Wildman–Crippen MR) is 107 cm³/mol. The molecule has 2 N–H and O–H groups in total. The number of carbonyl (C=O) groups is 3. The number of H-pyrrole nitrogens is 1. The van der Waals surface area contributed by atoms with E-state index in [0.29, 0.717) is 33.9 Å². The van der Waals surface area contributed by atoms with E-state index >= 15 is 0 Å². The number of fused-ring (bicyclic) bond motifs is 1. The van der Waals surface area contributed by atoms with Gasteiger partial charge >= 0.3 is 5.97 Å². The molecule has 3 aromatic rings. The molecule has 2 aromatic heterocycles. The predicted octanol–water partition coefficient (Wildman–Crippen LogP) is 4.32. The fraction of sp³-hybridized carbons (Fsp3) is 0.150. The molecule has 8 heteroatoms. The van der Waals surface area contributed by atoms with Crippen molar-refractivity contribution in [3.05, 3.63) is 63.8 Å².